The molecule has 2 aliphatic rings. The van der Waals surface area contributed by atoms with Gasteiger partial charge in [-0.1, -0.05) is 0 Å². The van der Waals surface area contributed by atoms with E-state index in [0.29, 0.717) is 24.5 Å². The van der Waals surface area contributed by atoms with E-state index in [1.165, 1.54) is 12.2 Å². The van der Waals surface area contributed by atoms with Crippen LogP contribution in [0.3, 0.4) is 0 Å². The molecule has 0 atom stereocenters. The second-order valence-electron chi connectivity index (χ2n) is 6.38. The minimum Gasteiger partial charge on any atom is -0.380 e. The van der Waals surface area contributed by atoms with Gasteiger partial charge in [0.25, 0.3) is 23.6 Å². The van der Waals surface area contributed by atoms with Crippen LogP contribution in [0.2, 0.25) is 0 Å². The summed E-state index contributed by atoms with van der Waals surface area (Å²) in [5.41, 5.74) is 0. The molecular formula is C18H23N3O8. The van der Waals surface area contributed by atoms with E-state index in [0.717, 1.165) is 4.90 Å². The lowest BCUT2D eigenvalue weighted by Gasteiger charge is -2.13. The van der Waals surface area contributed by atoms with Crippen LogP contribution in [-0.2, 0) is 38.3 Å². The van der Waals surface area contributed by atoms with Gasteiger partial charge in [0, 0.05) is 57.5 Å². The summed E-state index contributed by atoms with van der Waals surface area (Å²) in [6.45, 7) is 0.950. The highest BCUT2D eigenvalue weighted by atomic mass is 16.7. The van der Waals surface area contributed by atoms with E-state index < -0.39 is 29.6 Å². The Hall–Kier alpha value is -3.08. The van der Waals surface area contributed by atoms with E-state index >= 15 is 0 Å². The van der Waals surface area contributed by atoms with Crippen LogP contribution in [0.4, 0.5) is 0 Å². The zero-order chi connectivity index (χ0) is 21.2. The number of carbonyl (C=O) groups is 6. The fourth-order valence-corrected chi connectivity index (χ4v) is 2.60. The van der Waals surface area contributed by atoms with Crippen LogP contribution in [0.15, 0.2) is 12.2 Å². The van der Waals surface area contributed by atoms with E-state index in [4.69, 9.17) is 9.57 Å². The predicted molar refractivity (Wildman–Crippen MR) is 95.3 cm³/mol. The Kier molecular flexibility index (Phi) is 8.46. The first-order valence-electron chi connectivity index (χ1n) is 9.33. The lowest BCUT2D eigenvalue weighted by atomic mass is 10.2. The van der Waals surface area contributed by atoms with Gasteiger partial charge in [-0.15, -0.1) is 5.06 Å². The minimum atomic E-state index is -0.647. The van der Waals surface area contributed by atoms with Gasteiger partial charge in [0.15, 0.2) is 0 Å². The summed E-state index contributed by atoms with van der Waals surface area (Å²) in [6, 6.07) is 0. The number of nitrogens with one attached hydrogen (secondary N) is 1. The van der Waals surface area contributed by atoms with Gasteiger partial charge < -0.3 is 14.9 Å². The van der Waals surface area contributed by atoms with Crippen molar-refractivity contribution in [2.75, 3.05) is 26.3 Å². The molecule has 2 rings (SSSR count). The number of unbranched alkanes of at least 4 members (excludes halogenated alkanes) is 1. The van der Waals surface area contributed by atoms with Crippen LogP contribution in [0, 0.1) is 0 Å². The number of carbonyl (C=O) groups excluding carboxylic acids is 6. The lowest BCUT2D eigenvalue weighted by Crippen LogP contribution is -2.35. The van der Waals surface area contributed by atoms with Crippen LogP contribution in [0.5, 0.6) is 0 Å². The third-order valence-electron chi connectivity index (χ3n) is 4.15. The molecule has 0 bridgehead atoms. The number of ether oxygens (including phenoxy) is 1. The molecule has 2 heterocycles. The van der Waals surface area contributed by atoms with Gasteiger partial charge in [0.2, 0.25) is 5.91 Å². The first kappa shape index (κ1) is 22.2. The largest absolute Gasteiger partial charge is 0.380 e. The van der Waals surface area contributed by atoms with Gasteiger partial charge >= 0.3 is 5.97 Å². The summed E-state index contributed by atoms with van der Waals surface area (Å²) in [5.74, 6) is -2.81. The van der Waals surface area contributed by atoms with Crippen molar-refractivity contribution in [2.45, 2.75) is 38.5 Å². The molecule has 11 nitrogen and oxygen atoms in total. The fraction of sp³-hybridized carbons (Fsp3) is 0.556. The van der Waals surface area contributed by atoms with Crippen molar-refractivity contribution >= 4 is 35.5 Å². The summed E-state index contributed by atoms with van der Waals surface area (Å²) < 4.78 is 5.33. The second kappa shape index (κ2) is 11.1. The first-order valence-corrected chi connectivity index (χ1v) is 9.33. The molecule has 0 aliphatic carbocycles. The summed E-state index contributed by atoms with van der Waals surface area (Å²) in [4.78, 5) is 74.3. The fourth-order valence-electron chi connectivity index (χ4n) is 2.60. The van der Waals surface area contributed by atoms with E-state index in [1.54, 1.807) is 0 Å². The van der Waals surface area contributed by atoms with Gasteiger partial charge in [-0.2, -0.15) is 0 Å². The van der Waals surface area contributed by atoms with Gasteiger partial charge in [-0.05, 0) is 12.8 Å². The highest BCUT2D eigenvalue weighted by Crippen LogP contribution is 2.13. The monoisotopic (exact) mass is 409 g/mol. The lowest BCUT2D eigenvalue weighted by molar-refractivity contribution is -0.197. The van der Waals surface area contributed by atoms with Crippen molar-refractivity contribution in [3.8, 4) is 0 Å². The molecule has 0 aromatic heterocycles. The van der Waals surface area contributed by atoms with Gasteiger partial charge in [-0.25, -0.2) is 4.79 Å². The van der Waals surface area contributed by atoms with Gasteiger partial charge in [0.05, 0.1) is 6.61 Å². The number of hydroxylamine groups is 2. The number of amides is 5. The molecule has 29 heavy (non-hydrogen) atoms. The van der Waals surface area contributed by atoms with Crippen molar-refractivity contribution in [2.24, 2.45) is 0 Å². The van der Waals surface area contributed by atoms with Crippen molar-refractivity contribution < 1.29 is 38.3 Å². The Morgan fingerprint density at radius 2 is 1.59 bits per heavy atom. The highest BCUT2D eigenvalue weighted by Gasteiger charge is 2.32. The maximum atomic E-state index is 11.7. The molecule has 0 aromatic rings. The summed E-state index contributed by atoms with van der Waals surface area (Å²) in [5, 5.41) is 3.14. The summed E-state index contributed by atoms with van der Waals surface area (Å²) >= 11 is 0. The van der Waals surface area contributed by atoms with Crippen molar-refractivity contribution in [1.29, 1.82) is 0 Å². The molecule has 5 amide bonds. The predicted octanol–water partition coefficient (Wildman–Crippen LogP) is -0.788. The molecule has 158 valence electrons. The van der Waals surface area contributed by atoms with Gasteiger partial charge in [-0.3, -0.25) is 28.9 Å². The smallest absolute Gasteiger partial charge is 0.333 e. The second-order valence-corrected chi connectivity index (χ2v) is 6.38. The Labute approximate surface area is 166 Å². The molecule has 0 saturated carbocycles. The van der Waals surface area contributed by atoms with Crippen molar-refractivity contribution in [3.05, 3.63) is 12.2 Å². The van der Waals surface area contributed by atoms with Gasteiger partial charge in [0.1, 0.15) is 0 Å². The summed E-state index contributed by atoms with van der Waals surface area (Å²) in [6.07, 6.45) is 3.55. The molecule has 0 radical (unpaired) electrons. The number of imide groups is 2. The maximum Gasteiger partial charge on any atom is 0.333 e. The average molecular weight is 409 g/mol. The molecule has 11 heteroatoms. The number of hydrogen-bond acceptors (Lipinski definition) is 8. The zero-order valence-electron chi connectivity index (χ0n) is 15.9. The Balaban J connectivity index is 1.43. The Morgan fingerprint density at radius 1 is 0.931 bits per heavy atom. The topological polar surface area (TPSA) is 139 Å². The number of hydrogen-bond donors (Lipinski definition) is 1. The SMILES string of the molecule is O=C(CCN1C(=O)C=CC1=O)NCCOCCCCC(=O)ON1C(=O)CCC1=O. The highest BCUT2D eigenvalue weighted by molar-refractivity contribution is 6.13. The molecule has 0 unspecified atom stereocenters. The van der Waals surface area contributed by atoms with Crippen molar-refractivity contribution in [3.63, 3.8) is 0 Å². The standard InChI is InChI=1S/C18H23N3O8/c22-13(8-10-20-14(23)4-5-15(20)24)19-9-12-28-11-2-1-3-18(27)29-21-16(25)6-7-17(21)26/h4-5H,1-3,6-12H2,(H,19,22). The molecular weight excluding hydrogens is 386 g/mol. The third kappa shape index (κ3) is 7.11. The van der Waals surface area contributed by atoms with Crippen LogP contribution in [0.25, 0.3) is 0 Å². The minimum absolute atomic E-state index is 0.0172. The quantitative estimate of drug-likeness (QED) is 0.327. The molecule has 2 aliphatic heterocycles. The van der Waals surface area contributed by atoms with E-state index in [2.05, 4.69) is 5.32 Å². The summed E-state index contributed by atoms with van der Waals surface area (Å²) in [7, 11) is 0. The van der Waals surface area contributed by atoms with Crippen LogP contribution in [0.1, 0.15) is 38.5 Å². The number of nitrogens with zero attached hydrogens (tertiary/aromatic N) is 2. The van der Waals surface area contributed by atoms with Crippen LogP contribution in [-0.4, -0.2) is 71.8 Å². The van der Waals surface area contributed by atoms with E-state index in [9.17, 15) is 28.8 Å². The van der Waals surface area contributed by atoms with Crippen LogP contribution < -0.4 is 5.32 Å². The molecule has 1 saturated heterocycles. The molecule has 1 fully saturated rings. The van der Waals surface area contributed by atoms with E-state index in [-0.39, 0.29) is 51.3 Å². The van der Waals surface area contributed by atoms with E-state index in [1.807, 2.05) is 0 Å². The maximum absolute atomic E-state index is 11.7. The Morgan fingerprint density at radius 3 is 2.24 bits per heavy atom. The molecule has 0 spiro atoms. The Bertz CT molecular complexity index is 684. The first-order chi connectivity index (χ1) is 13.9. The number of rotatable bonds is 12. The zero-order valence-corrected chi connectivity index (χ0v) is 15.9. The third-order valence-corrected chi connectivity index (χ3v) is 4.15. The normalized spacial score (nSPS) is 16.1. The van der Waals surface area contributed by atoms with Crippen molar-refractivity contribution in [1.82, 2.24) is 15.3 Å². The molecule has 1 N–H and O–H groups in total. The van der Waals surface area contributed by atoms with Crippen LogP contribution >= 0.6 is 0 Å². The molecule has 0 aromatic carbocycles. The average Bonchev–Trinajstić information content (AvgIpc) is 3.17.